The minimum atomic E-state index is -3.62. The lowest BCUT2D eigenvalue weighted by Gasteiger charge is -2.20. The van der Waals surface area contributed by atoms with Gasteiger partial charge < -0.3 is 9.88 Å². The highest BCUT2D eigenvalue weighted by Crippen LogP contribution is 2.31. The lowest BCUT2D eigenvalue weighted by atomic mass is 9.94. The van der Waals surface area contributed by atoms with E-state index in [-0.39, 0.29) is 17.0 Å². The second kappa shape index (κ2) is 7.75. The van der Waals surface area contributed by atoms with Crippen LogP contribution in [0.25, 0.3) is 0 Å². The number of imidazole rings is 1. The number of rotatable bonds is 6. The van der Waals surface area contributed by atoms with E-state index in [2.05, 4.69) is 27.4 Å². The molecule has 7 nitrogen and oxygen atoms in total. The Hall–Kier alpha value is -2.07. The van der Waals surface area contributed by atoms with Crippen LogP contribution in [0.3, 0.4) is 0 Å². The third-order valence-corrected chi connectivity index (χ3v) is 7.82. The fraction of sp³-hybridized carbons (Fsp3) is 0.368. The molecule has 0 radical (unpaired) electrons. The highest BCUT2D eigenvalue weighted by Gasteiger charge is 2.40. The van der Waals surface area contributed by atoms with Crippen LogP contribution in [0.2, 0.25) is 0 Å². The predicted octanol–water partition coefficient (Wildman–Crippen LogP) is 2.13. The molecular formula is C19H23N5O2S2. The summed E-state index contributed by atoms with van der Waals surface area (Å²) in [5.74, 6) is 0.0768. The van der Waals surface area contributed by atoms with Crippen LogP contribution in [0.1, 0.15) is 22.1 Å². The second-order valence-electron chi connectivity index (χ2n) is 7.06. The van der Waals surface area contributed by atoms with Crippen molar-refractivity contribution < 1.29 is 8.42 Å². The molecule has 2 aromatic heterocycles. The Balaban J connectivity index is 1.58. The molecule has 2 unspecified atom stereocenters. The third-order valence-electron chi connectivity index (χ3n) is 5.17. The van der Waals surface area contributed by atoms with E-state index < -0.39 is 10.0 Å². The van der Waals surface area contributed by atoms with Gasteiger partial charge in [0, 0.05) is 49.7 Å². The average Bonchev–Trinajstić information content (AvgIpc) is 3.41. The van der Waals surface area contributed by atoms with E-state index >= 15 is 0 Å². The average molecular weight is 418 g/mol. The Bertz CT molecular complexity index is 1050. The number of nitrogens with zero attached hydrogens (tertiary/aromatic N) is 4. The molecule has 0 amide bonds. The molecule has 1 aliphatic rings. The van der Waals surface area contributed by atoms with Crippen molar-refractivity contribution in [2.45, 2.75) is 30.5 Å². The Kier molecular flexibility index (Phi) is 5.33. The summed E-state index contributed by atoms with van der Waals surface area (Å²) < 4.78 is 29.3. The molecule has 1 N–H and O–H groups in total. The maximum atomic E-state index is 13.1. The summed E-state index contributed by atoms with van der Waals surface area (Å²) in [5, 5.41) is 3.67. The molecule has 28 heavy (non-hydrogen) atoms. The number of aryl methyl sites for hydroxylation is 2. The zero-order valence-corrected chi connectivity index (χ0v) is 17.4. The minimum Gasteiger partial charge on any atom is -0.339 e. The number of hydrogen-bond donors (Lipinski definition) is 1. The van der Waals surface area contributed by atoms with Crippen LogP contribution in [0.15, 0.2) is 53.4 Å². The standard InChI is InChI=1S/C19H23N5O2S2/c1-14-18(27-13-22-14)8-20-17-10-24(9-16(17)15-6-4-3-5-7-15)28(25,26)19-11-23(2)12-21-19/h3-7,11-13,16-17,20H,8-10H2,1-2H3. The molecule has 2 atom stereocenters. The van der Waals surface area contributed by atoms with Crippen molar-refractivity contribution in [1.82, 2.24) is 24.2 Å². The molecule has 0 bridgehead atoms. The van der Waals surface area contributed by atoms with Crippen LogP contribution in [0, 0.1) is 6.92 Å². The molecular weight excluding hydrogens is 394 g/mol. The third kappa shape index (κ3) is 3.75. The van der Waals surface area contributed by atoms with Crippen LogP contribution < -0.4 is 5.32 Å². The maximum absolute atomic E-state index is 13.1. The van der Waals surface area contributed by atoms with Gasteiger partial charge in [-0.2, -0.15) is 4.31 Å². The zero-order chi connectivity index (χ0) is 19.7. The smallest absolute Gasteiger partial charge is 0.262 e. The Morgan fingerprint density at radius 2 is 2.00 bits per heavy atom. The molecule has 1 aliphatic heterocycles. The molecule has 1 aromatic carbocycles. The summed E-state index contributed by atoms with van der Waals surface area (Å²) in [6.07, 6.45) is 3.06. The van der Waals surface area contributed by atoms with Gasteiger partial charge in [0.15, 0.2) is 5.03 Å². The monoisotopic (exact) mass is 417 g/mol. The Labute approximate surface area is 169 Å². The molecule has 3 aromatic rings. The van der Waals surface area contributed by atoms with E-state index in [1.165, 1.54) is 11.2 Å². The van der Waals surface area contributed by atoms with E-state index in [1.807, 2.05) is 30.6 Å². The van der Waals surface area contributed by atoms with Gasteiger partial charge in [-0.15, -0.1) is 11.3 Å². The molecule has 148 valence electrons. The van der Waals surface area contributed by atoms with E-state index in [0.717, 1.165) is 11.3 Å². The number of aromatic nitrogens is 3. The fourth-order valence-corrected chi connectivity index (χ4v) is 5.77. The van der Waals surface area contributed by atoms with Gasteiger partial charge in [0.05, 0.1) is 17.5 Å². The lowest BCUT2D eigenvalue weighted by molar-refractivity contribution is 0.454. The first-order chi connectivity index (χ1) is 13.4. The van der Waals surface area contributed by atoms with Gasteiger partial charge in [0.25, 0.3) is 10.0 Å². The van der Waals surface area contributed by atoms with E-state index in [1.54, 1.807) is 33.5 Å². The number of benzene rings is 1. The van der Waals surface area contributed by atoms with Crippen molar-refractivity contribution >= 4 is 21.4 Å². The van der Waals surface area contributed by atoms with Crippen molar-refractivity contribution in [1.29, 1.82) is 0 Å². The summed E-state index contributed by atoms with van der Waals surface area (Å²) in [7, 11) is -1.85. The normalized spacial score (nSPS) is 20.6. The van der Waals surface area contributed by atoms with Crippen molar-refractivity contribution in [2.75, 3.05) is 13.1 Å². The fourth-order valence-electron chi connectivity index (χ4n) is 3.58. The first-order valence-corrected chi connectivity index (χ1v) is 11.4. The molecule has 3 heterocycles. The lowest BCUT2D eigenvalue weighted by Crippen LogP contribution is -2.36. The van der Waals surface area contributed by atoms with Gasteiger partial charge in [-0.1, -0.05) is 30.3 Å². The predicted molar refractivity (Wildman–Crippen MR) is 109 cm³/mol. The quantitative estimate of drug-likeness (QED) is 0.665. The van der Waals surface area contributed by atoms with Crippen molar-refractivity contribution in [3.63, 3.8) is 0 Å². The van der Waals surface area contributed by atoms with Crippen LogP contribution in [-0.2, 0) is 23.6 Å². The van der Waals surface area contributed by atoms with Gasteiger partial charge in [-0.05, 0) is 12.5 Å². The number of thiazole rings is 1. The summed E-state index contributed by atoms with van der Waals surface area (Å²) in [6, 6.07) is 10.1. The Morgan fingerprint density at radius 1 is 1.21 bits per heavy atom. The maximum Gasteiger partial charge on any atom is 0.262 e. The first-order valence-electron chi connectivity index (χ1n) is 9.10. The molecule has 0 saturated carbocycles. The molecule has 1 fully saturated rings. The van der Waals surface area contributed by atoms with E-state index in [4.69, 9.17) is 0 Å². The van der Waals surface area contributed by atoms with Crippen LogP contribution in [0.4, 0.5) is 0 Å². The van der Waals surface area contributed by atoms with Crippen LogP contribution in [0.5, 0.6) is 0 Å². The number of hydrogen-bond acceptors (Lipinski definition) is 6. The second-order valence-corrected chi connectivity index (χ2v) is 9.89. The molecule has 4 rings (SSSR count). The van der Waals surface area contributed by atoms with Crippen LogP contribution >= 0.6 is 11.3 Å². The van der Waals surface area contributed by atoms with Crippen molar-refractivity contribution in [3.8, 4) is 0 Å². The van der Waals surface area contributed by atoms with Gasteiger partial charge in [-0.3, -0.25) is 0 Å². The van der Waals surface area contributed by atoms with Crippen molar-refractivity contribution in [3.05, 3.63) is 64.5 Å². The SMILES string of the molecule is Cc1ncsc1CNC1CN(S(=O)(=O)c2cn(C)cn2)CC1c1ccccc1. The highest BCUT2D eigenvalue weighted by atomic mass is 32.2. The van der Waals surface area contributed by atoms with Gasteiger partial charge in [0.1, 0.15) is 0 Å². The van der Waals surface area contributed by atoms with Gasteiger partial charge in [-0.25, -0.2) is 18.4 Å². The first kappa shape index (κ1) is 19.3. The molecule has 1 saturated heterocycles. The Morgan fingerprint density at radius 3 is 2.64 bits per heavy atom. The molecule has 9 heteroatoms. The minimum absolute atomic E-state index is 0.0161. The summed E-state index contributed by atoms with van der Waals surface area (Å²) in [4.78, 5) is 9.53. The van der Waals surface area contributed by atoms with Gasteiger partial charge >= 0.3 is 0 Å². The van der Waals surface area contributed by atoms with E-state index in [0.29, 0.717) is 19.6 Å². The topological polar surface area (TPSA) is 80.1 Å². The van der Waals surface area contributed by atoms with Crippen molar-refractivity contribution in [2.24, 2.45) is 7.05 Å². The van der Waals surface area contributed by atoms with E-state index in [9.17, 15) is 8.42 Å². The molecule has 0 spiro atoms. The molecule has 0 aliphatic carbocycles. The number of sulfonamides is 1. The summed E-state index contributed by atoms with van der Waals surface area (Å²) >= 11 is 1.62. The zero-order valence-electron chi connectivity index (χ0n) is 15.8. The number of nitrogens with one attached hydrogen (secondary N) is 1. The largest absolute Gasteiger partial charge is 0.339 e. The van der Waals surface area contributed by atoms with Crippen LogP contribution in [-0.4, -0.2) is 46.4 Å². The summed E-state index contributed by atoms with van der Waals surface area (Å²) in [6.45, 7) is 3.52. The van der Waals surface area contributed by atoms with Gasteiger partial charge in [0.2, 0.25) is 0 Å². The highest BCUT2D eigenvalue weighted by molar-refractivity contribution is 7.89. The summed E-state index contributed by atoms with van der Waals surface area (Å²) in [5.41, 5.74) is 4.00.